The molecule has 0 spiro atoms. The lowest BCUT2D eigenvalue weighted by molar-refractivity contribution is 0.0350. The summed E-state index contributed by atoms with van der Waals surface area (Å²) in [5.74, 6) is -0.354. The minimum Gasteiger partial charge on any atom is -0.445 e. The molecule has 1 aliphatic carbocycles. The first-order chi connectivity index (χ1) is 18.2. The fraction of sp³-hybridized carbons (Fsp3) is 0.387. The average Bonchev–Trinajstić information content (AvgIpc) is 3.32. The predicted octanol–water partition coefficient (Wildman–Crippen LogP) is 3.99. The van der Waals surface area contributed by atoms with Gasteiger partial charge in [0.05, 0.1) is 12.7 Å². The highest BCUT2D eigenvalue weighted by atomic mass is 28.4. The molecule has 0 radical (unpaired) electrons. The van der Waals surface area contributed by atoms with E-state index in [0.29, 0.717) is 12.8 Å². The lowest BCUT2D eigenvalue weighted by atomic mass is 9.97. The van der Waals surface area contributed by atoms with E-state index in [1.165, 1.54) is 10.4 Å². The molecule has 4 atom stereocenters. The average molecular weight is 534 g/mol. The Bertz CT molecular complexity index is 1110. The van der Waals surface area contributed by atoms with Crippen LogP contribution in [0.25, 0.3) is 0 Å². The van der Waals surface area contributed by atoms with Crippen molar-refractivity contribution >= 4 is 24.8 Å². The van der Waals surface area contributed by atoms with Crippen molar-refractivity contribution in [3.8, 4) is 0 Å². The molecule has 202 valence electrons. The summed E-state index contributed by atoms with van der Waals surface area (Å²) in [4.78, 5) is 12.7. The Kier molecular flexibility index (Phi) is 9.05. The van der Waals surface area contributed by atoms with Crippen molar-refractivity contribution < 1.29 is 24.2 Å². The van der Waals surface area contributed by atoms with Crippen molar-refractivity contribution in [1.29, 1.82) is 0 Å². The Morgan fingerprint density at radius 3 is 1.95 bits per heavy atom. The smallest absolute Gasteiger partial charge is 0.407 e. The van der Waals surface area contributed by atoms with Crippen LogP contribution >= 0.6 is 0 Å². The molecule has 7 heteroatoms. The molecular weight excluding hydrogens is 494 g/mol. The Hall–Kier alpha value is -2.97. The second-order valence-corrected chi connectivity index (χ2v) is 15.4. The van der Waals surface area contributed by atoms with Gasteiger partial charge in [-0.1, -0.05) is 112 Å². The predicted molar refractivity (Wildman–Crippen MR) is 152 cm³/mol. The van der Waals surface area contributed by atoms with Gasteiger partial charge in [-0.3, -0.25) is 0 Å². The van der Waals surface area contributed by atoms with Gasteiger partial charge in [0.25, 0.3) is 8.32 Å². The van der Waals surface area contributed by atoms with Crippen LogP contribution < -0.4 is 15.7 Å². The Morgan fingerprint density at radius 2 is 1.45 bits per heavy atom. The summed E-state index contributed by atoms with van der Waals surface area (Å²) >= 11 is 0. The Morgan fingerprint density at radius 1 is 0.921 bits per heavy atom. The molecule has 1 amide bonds. The Labute approximate surface area is 226 Å². The molecule has 3 aromatic rings. The van der Waals surface area contributed by atoms with Gasteiger partial charge in [-0.2, -0.15) is 0 Å². The van der Waals surface area contributed by atoms with E-state index in [-0.39, 0.29) is 36.3 Å². The van der Waals surface area contributed by atoms with Crippen LogP contribution in [0.3, 0.4) is 0 Å². The highest BCUT2D eigenvalue weighted by molar-refractivity contribution is 6.99. The van der Waals surface area contributed by atoms with Gasteiger partial charge >= 0.3 is 6.09 Å². The minimum atomic E-state index is -2.81. The van der Waals surface area contributed by atoms with Crippen LogP contribution in [0.2, 0.25) is 5.04 Å². The van der Waals surface area contributed by atoms with Crippen molar-refractivity contribution in [1.82, 2.24) is 5.32 Å². The lowest BCUT2D eigenvalue weighted by Gasteiger charge is -2.44. The third-order valence-corrected chi connectivity index (χ3v) is 12.6. The maximum absolute atomic E-state index is 12.7. The van der Waals surface area contributed by atoms with Crippen LogP contribution in [-0.4, -0.2) is 49.5 Å². The molecule has 0 bridgehead atoms. The number of rotatable bonds is 9. The van der Waals surface area contributed by atoms with E-state index in [0.717, 1.165) is 5.56 Å². The van der Waals surface area contributed by atoms with Crippen molar-refractivity contribution in [2.24, 2.45) is 5.92 Å². The number of ether oxygens (including phenoxy) is 1. The highest BCUT2D eigenvalue weighted by Gasteiger charge is 2.53. The molecule has 6 nitrogen and oxygen atoms in total. The van der Waals surface area contributed by atoms with Crippen molar-refractivity contribution in [3.05, 3.63) is 96.6 Å². The van der Waals surface area contributed by atoms with Crippen molar-refractivity contribution in [2.75, 3.05) is 6.61 Å². The van der Waals surface area contributed by atoms with Crippen LogP contribution in [0.5, 0.6) is 0 Å². The van der Waals surface area contributed by atoms with Crippen LogP contribution in [0.15, 0.2) is 91.0 Å². The van der Waals surface area contributed by atoms with Crippen LogP contribution in [0.1, 0.15) is 39.2 Å². The van der Waals surface area contributed by atoms with Crippen LogP contribution in [-0.2, 0) is 15.8 Å². The number of carbonyl (C=O) groups excluding carboxylic acids is 1. The lowest BCUT2D eigenvalue weighted by Crippen LogP contribution is -2.67. The molecule has 38 heavy (non-hydrogen) atoms. The summed E-state index contributed by atoms with van der Waals surface area (Å²) in [5.41, 5.74) is 0.897. The van der Waals surface area contributed by atoms with E-state index in [9.17, 15) is 15.0 Å². The number of carbonyl (C=O) groups is 1. The first-order valence-electron chi connectivity index (χ1n) is 13.3. The van der Waals surface area contributed by atoms with Crippen molar-refractivity contribution in [3.63, 3.8) is 0 Å². The number of amides is 1. The molecule has 3 aromatic carbocycles. The van der Waals surface area contributed by atoms with Gasteiger partial charge in [-0.05, 0) is 33.8 Å². The van der Waals surface area contributed by atoms with Gasteiger partial charge in [0.1, 0.15) is 6.61 Å². The summed E-state index contributed by atoms with van der Waals surface area (Å²) in [6.45, 7) is 6.46. The number of nitrogens with one attached hydrogen (secondary N) is 1. The van der Waals surface area contributed by atoms with Gasteiger partial charge < -0.3 is 24.7 Å². The largest absolute Gasteiger partial charge is 0.445 e. The summed E-state index contributed by atoms with van der Waals surface area (Å²) in [6.07, 6.45) is -0.683. The molecule has 0 aromatic heterocycles. The highest BCUT2D eigenvalue weighted by Crippen LogP contribution is 2.41. The maximum atomic E-state index is 12.7. The quantitative estimate of drug-likeness (QED) is 0.362. The minimum absolute atomic E-state index is 0.161. The van der Waals surface area contributed by atoms with Gasteiger partial charge in [0, 0.05) is 18.1 Å². The second-order valence-electron chi connectivity index (χ2n) is 11.1. The zero-order valence-corrected chi connectivity index (χ0v) is 23.4. The molecule has 3 N–H and O–H groups in total. The standard InChI is InChI=1S/C31H39NO5Si/c1-31(2,3)38(25-15-9-5-10-16-25,26-17-11-6-12-18-26)37-24-19-27(29(34)21-33)28(20-24)32-30(35)36-22-23-13-7-4-8-14-23/h4-18,24,27-29,33-34H,19-22H2,1-3H3,(H,32,35). The molecule has 1 saturated carbocycles. The summed E-state index contributed by atoms with van der Waals surface area (Å²) in [5, 5.41) is 25.6. The van der Waals surface area contributed by atoms with Gasteiger partial charge in [0.2, 0.25) is 0 Å². The van der Waals surface area contributed by atoms with E-state index >= 15 is 0 Å². The summed E-state index contributed by atoms with van der Waals surface area (Å²) in [6, 6.07) is 29.9. The molecular formula is C31H39NO5Si. The van der Waals surface area contributed by atoms with E-state index in [2.05, 4.69) is 74.6 Å². The van der Waals surface area contributed by atoms with Gasteiger partial charge in [-0.25, -0.2) is 4.79 Å². The maximum Gasteiger partial charge on any atom is 0.407 e. The molecule has 1 fully saturated rings. The van der Waals surface area contributed by atoms with Gasteiger partial charge in [0.15, 0.2) is 0 Å². The monoisotopic (exact) mass is 533 g/mol. The van der Waals surface area contributed by atoms with E-state index in [4.69, 9.17) is 9.16 Å². The summed E-state index contributed by atoms with van der Waals surface area (Å²) < 4.78 is 12.7. The molecule has 0 aliphatic heterocycles. The Balaban J connectivity index is 1.59. The normalized spacial score (nSPS) is 20.6. The topological polar surface area (TPSA) is 88.0 Å². The fourth-order valence-corrected chi connectivity index (χ4v) is 10.4. The number of aliphatic hydroxyl groups excluding tert-OH is 2. The molecule has 1 aliphatic rings. The third-order valence-electron chi connectivity index (χ3n) is 7.53. The fourth-order valence-electron chi connectivity index (χ4n) is 5.70. The van der Waals surface area contributed by atoms with E-state index in [1.807, 2.05) is 42.5 Å². The van der Waals surface area contributed by atoms with E-state index in [1.54, 1.807) is 0 Å². The second kappa shape index (κ2) is 12.3. The number of alkyl carbamates (subject to hydrolysis) is 1. The first-order valence-corrected chi connectivity index (χ1v) is 15.2. The van der Waals surface area contributed by atoms with Crippen LogP contribution in [0.4, 0.5) is 4.79 Å². The number of hydrogen-bond acceptors (Lipinski definition) is 5. The zero-order chi connectivity index (χ0) is 27.2. The number of benzene rings is 3. The third kappa shape index (κ3) is 6.18. The van der Waals surface area contributed by atoms with Gasteiger partial charge in [-0.15, -0.1) is 0 Å². The first kappa shape index (κ1) is 28.0. The van der Waals surface area contributed by atoms with E-state index < -0.39 is 20.5 Å². The SMILES string of the molecule is CC(C)(C)[Si](OC1CC(NC(=O)OCc2ccccc2)C(C(O)CO)C1)(c1ccccc1)c1ccccc1. The molecule has 0 saturated heterocycles. The zero-order valence-electron chi connectivity index (χ0n) is 22.4. The van der Waals surface area contributed by atoms with Crippen molar-refractivity contribution in [2.45, 2.75) is 63.5 Å². The molecule has 4 rings (SSSR count). The summed E-state index contributed by atoms with van der Waals surface area (Å²) in [7, 11) is -2.81. The molecule has 4 unspecified atom stereocenters. The number of hydrogen-bond donors (Lipinski definition) is 3. The van der Waals surface area contributed by atoms with Crippen LogP contribution in [0, 0.1) is 5.92 Å². The number of aliphatic hydroxyl groups is 2. The molecule has 0 heterocycles.